The number of nitrogens with zero attached hydrogens (tertiary/aromatic N) is 1. The van der Waals surface area contributed by atoms with Gasteiger partial charge in [0.05, 0.1) is 19.3 Å². The van der Waals surface area contributed by atoms with Gasteiger partial charge in [0, 0.05) is 6.07 Å². The second-order valence-electron chi connectivity index (χ2n) is 5.49. The van der Waals surface area contributed by atoms with Crippen molar-refractivity contribution in [3.63, 3.8) is 0 Å². The summed E-state index contributed by atoms with van der Waals surface area (Å²) in [5.41, 5.74) is -0.466. The fourth-order valence-electron chi connectivity index (χ4n) is 2.41. The summed E-state index contributed by atoms with van der Waals surface area (Å²) in [5.74, 6) is -10.3. The average Bonchev–Trinajstić information content (AvgIpc) is 2.71. The number of halogens is 6. The first-order valence-corrected chi connectivity index (χ1v) is 9.40. The van der Waals surface area contributed by atoms with E-state index in [1.54, 1.807) is 0 Å². The molecule has 2 rings (SSSR count). The lowest BCUT2D eigenvalue weighted by atomic mass is 10.3. The topological polar surface area (TPSA) is 55.8 Å². The molecular weight excluding hydrogens is 440 g/mol. The number of benzene rings is 2. The van der Waals surface area contributed by atoms with Crippen molar-refractivity contribution in [2.75, 3.05) is 31.2 Å². The van der Waals surface area contributed by atoms with Gasteiger partial charge in [-0.1, -0.05) is 5.92 Å². The maximum Gasteiger partial charge on any atom is 0.272 e. The van der Waals surface area contributed by atoms with Crippen LogP contribution in [0.2, 0.25) is 0 Å². The minimum atomic E-state index is -5.29. The highest BCUT2D eigenvalue weighted by atomic mass is 32.2. The molecular formula is C18H13F6NO4S. The molecule has 0 aliphatic carbocycles. The van der Waals surface area contributed by atoms with Crippen molar-refractivity contribution in [1.82, 2.24) is 0 Å². The minimum absolute atomic E-state index is 0.229. The molecule has 0 radical (unpaired) electrons. The molecule has 0 heterocycles. The summed E-state index contributed by atoms with van der Waals surface area (Å²) in [6.07, 6.45) is 5.12. The maximum absolute atomic E-state index is 14.4. The van der Waals surface area contributed by atoms with Gasteiger partial charge in [-0.05, 0) is 12.1 Å². The van der Waals surface area contributed by atoms with Crippen LogP contribution in [-0.2, 0) is 10.0 Å². The number of hydrogen-bond donors (Lipinski definition) is 0. The molecule has 0 amide bonds. The molecule has 30 heavy (non-hydrogen) atoms. The van der Waals surface area contributed by atoms with Crippen LogP contribution in [0.25, 0.3) is 0 Å². The highest BCUT2D eigenvalue weighted by Crippen LogP contribution is 2.37. The fraction of sp³-hybridized carbons (Fsp3) is 0.222. The van der Waals surface area contributed by atoms with Gasteiger partial charge in [-0.25, -0.2) is 30.4 Å². The Hall–Kier alpha value is -3.07. The second-order valence-corrected chi connectivity index (χ2v) is 7.29. The number of anilines is 1. The van der Waals surface area contributed by atoms with Crippen molar-refractivity contribution < 1.29 is 44.2 Å². The van der Waals surface area contributed by atoms with Crippen LogP contribution in [0.4, 0.5) is 32.0 Å². The zero-order valence-electron chi connectivity index (χ0n) is 15.2. The molecule has 0 unspecified atom stereocenters. The number of sulfonamides is 1. The predicted molar refractivity (Wildman–Crippen MR) is 94.1 cm³/mol. The average molecular weight is 453 g/mol. The van der Waals surface area contributed by atoms with Crippen LogP contribution in [-0.4, -0.2) is 35.4 Å². The van der Waals surface area contributed by atoms with Crippen molar-refractivity contribution in [1.29, 1.82) is 0 Å². The summed E-state index contributed by atoms with van der Waals surface area (Å²) in [4.78, 5) is -1.76. The number of alkyl halides is 1. The highest BCUT2D eigenvalue weighted by molar-refractivity contribution is 7.93. The first-order chi connectivity index (χ1) is 14.1. The van der Waals surface area contributed by atoms with E-state index in [2.05, 4.69) is 4.74 Å². The van der Waals surface area contributed by atoms with Crippen molar-refractivity contribution in [2.24, 2.45) is 0 Å². The molecule has 2 aromatic carbocycles. The first kappa shape index (κ1) is 23.2. The van der Waals surface area contributed by atoms with E-state index >= 15 is 0 Å². The van der Waals surface area contributed by atoms with Gasteiger partial charge < -0.3 is 9.47 Å². The lowest BCUT2D eigenvalue weighted by Gasteiger charge is -2.24. The Labute approximate surface area is 167 Å². The van der Waals surface area contributed by atoms with Crippen molar-refractivity contribution in [2.45, 2.75) is 4.90 Å². The number of methoxy groups -OCH3 is 1. The second kappa shape index (κ2) is 9.17. The fourth-order valence-corrected chi connectivity index (χ4v) is 3.96. The third-order valence-electron chi connectivity index (χ3n) is 3.71. The van der Waals surface area contributed by atoms with Gasteiger partial charge in [0.25, 0.3) is 10.0 Å². The van der Waals surface area contributed by atoms with Gasteiger partial charge >= 0.3 is 0 Å². The van der Waals surface area contributed by atoms with E-state index < -0.39 is 75.3 Å². The summed E-state index contributed by atoms with van der Waals surface area (Å²) in [5, 5.41) is 0. The van der Waals surface area contributed by atoms with Gasteiger partial charge in [0.15, 0.2) is 33.8 Å². The monoisotopic (exact) mass is 453 g/mol. The van der Waals surface area contributed by atoms with Gasteiger partial charge in [0.2, 0.25) is 11.6 Å². The van der Waals surface area contributed by atoms with Gasteiger partial charge in [-0.2, -0.15) is 4.39 Å². The summed E-state index contributed by atoms with van der Waals surface area (Å²) in [6, 6.07) is 2.70. The lowest BCUT2D eigenvalue weighted by molar-refractivity contribution is 0.244. The smallest absolute Gasteiger partial charge is 0.272 e. The molecule has 12 heteroatoms. The van der Waals surface area contributed by atoms with Crippen LogP contribution in [0.15, 0.2) is 23.1 Å². The van der Waals surface area contributed by atoms with Crippen LogP contribution in [0, 0.1) is 41.4 Å². The number of ether oxygens (including phenoxy) is 2. The van der Waals surface area contributed by atoms with E-state index in [9.17, 15) is 34.8 Å². The highest BCUT2D eigenvalue weighted by Gasteiger charge is 2.38. The Bertz CT molecular complexity index is 1100. The van der Waals surface area contributed by atoms with Crippen molar-refractivity contribution >= 4 is 15.7 Å². The SMILES string of the molecule is C#CCN(c1ccc(OC)c(F)c1)S(=O)(=O)c1c(F)c(F)c(F)c(F)c1OCCF. The van der Waals surface area contributed by atoms with E-state index in [1.807, 2.05) is 5.92 Å². The molecule has 0 aliphatic rings. The van der Waals surface area contributed by atoms with Gasteiger partial charge in [0.1, 0.15) is 13.3 Å². The molecule has 5 nitrogen and oxygen atoms in total. The molecule has 0 spiro atoms. The molecule has 0 saturated carbocycles. The van der Waals surface area contributed by atoms with Gasteiger partial charge in [-0.15, -0.1) is 6.42 Å². The number of hydrogen-bond acceptors (Lipinski definition) is 4. The standard InChI is InChI=1S/C18H13F6NO4S/c1-3-7-25(10-4-5-12(28-2)11(20)9-10)30(26,27)18-16(24)14(22)13(21)15(23)17(18)29-8-6-19/h1,4-5,9H,6-8H2,2H3. The van der Waals surface area contributed by atoms with E-state index in [1.165, 1.54) is 0 Å². The Morgan fingerprint density at radius 3 is 2.23 bits per heavy atom. The molecule has 0 aromatic heterocycles. The Kier molecular flexibility index (Phi) is 7.09. The minimum Gasteiger partial charge on any atom is -0.494 e. The van der Waals surface area contributed by atoms with Crippen LogP contribution in [0.3, 0.4) is 0 Å². The molecule has 0 fully saturated rings. The van der Waals surface area contributed by atoms with E-state index in [-0.39, 0.29) is 10.1 Å². The molecule has 162 valence electrons. The Balaban J connectivity index is 2.79. The number of terminal acetylenes is 1. The molecule has 0 saturated heterocycles. The van der Waals surface area contributed by atoms with Crippen LogP contribution >= 0.6 is 0 Å². The summed E-state index contributed by atoms with van der Waals surface area (Å²) < 4.78 is 118. The largest absolute Gasteiger partial charge is 0.494 e. The molecule has 0 atom stereocenters. The normalized spacial score (nSPS) is 11.1. The maximum atomic E-state index is 14.4. The molecule has 0 aliphatic heterocycles. The third kappa shape index (κ3) is 4.11. The Morgan fingerprint density at radius 1 is 1.07 bits per heavy atom. The van der Waals surface area contributed by atoms with Crippen molar-refractivity contribution in [3.8, 4) is 23.8 Å². The van der Waals surface area contributed by atoms with Crippen molar-refractivity contribution in [3.05, 3.63) is 47.3 Å². The summed E-state index contributed by atoms with van der Waals surface area (Å²) >= 11 is 0. The molecule has 0 bridgehead atoms. The zero-order valence-corrected chi connectivity index (χ0v) is 16.0. The molecule has 2 aromatic rings. The predicted octanol–water partition coefficient (Wildman–Crippen LogP) is 3.57. The summed E-state index contributed by atoms with van der Waals surface area (Å²) in [7, 11) is -4.15. The molecule has 0 N–H and O–H groups in total. The van der Waals surface area contributed by atoms with Crippen LogP contribution in [0.5, 0.6) is 11.5 Å². The zero-order chi connectivity index (χ0) is 22.6. The van der Waals surface area contributed by atoms with E-state index in [0.717, 1.165) is 19.2 Å². The lowest BCUT2D eigenvalue weighted by Crippen LogP contribution is -2.33. The Morgan fingerprint density at radius 2 is 1.70 bits per heavy atom. The first-order valence-electron chi connectivity index (χ1n) is 7.96. The third-order valence-corrected chi connectivity index (χ3v) is 5.51. The van der Waals surface area contributed by atoms with Crippen LogP contribution < -0.4 is 13.8 Å². The van der Waals surface area contributed by atoms with Gasteiger partial charge in [-0.3, -0.25) is 4.31 Å². The van der Waals surface area contributed by atoms with Crippen LogP contribution in [0.1, 0.15) is 0 Å². The van der Waals surface area contributed by atoms with E-state index in [4.69, 9.17) is 11.2 Å². The quantitative estimate of drug-likeness (QED) is 0.266. The number of rotatable bonds is 8. The summed E-state index contributed by atoms with van der Waals surface area (Å²) in [6.45, 7) is -3.11. The van der Waals surface area contributed by atoms with E-state index in [0.29, 0.717) is 6.07 Å².